The van der Waals surface area contributed by atoms with Crippen LogP contribution in [0.25, 0.3) is 0 Å². The van der Waals surface area contributed by atoms with Crippen molar-refractivity contribution in [2.75, 3.05) is 20.8 Å². The van der Waals surface area contributed by atoms with Gasteiger partial charge >= 0.3 is 18.0 Å². The molecule has 2 aromatic rings. The van der Waals surface area contributed by atoms with Crippen LogP contribution in [0.5, 0.6) is 0 Å². The lowest BCUT2D eigenvalue weighted by atomic mass is 10.0. The van der Waals surface area contributed by atoms with Gasteiger partial charge in [-0.1, -0.05) is 48.5 Å². The summed E-state index contributed by atoms with van der Waals surface area (Å²) in [4.78, 5) is 48.2. The molecule has 0 saturated carbocycles. The van der Waals surface area contributed by atoms with E-state index in [1.54, 1.807) is 24.3 Å². The predicted molar refractivity (Wildman–Crippen MR) is 119 cm³/mol. The van der Waals surface area contributed by atoms with E-state index in [1.165, 1.54) is 14.2 Å². The first-order valence-electron chi connectivity index (χ1n) is 10.4. The molecule has 2 N–H and O–H groups in total. The first-order chi connectivity index (χ1) is 15.9. The van der Waals surface area contributed by atoms with Gasteiger partial charge in [0.25, 0.3) is 5.91 Å². The van der Waals surface area contributed by atoms with Gasteiger partial charge in [-0.3, -0.25) is 9.59 Å². The Morgan fingerprint density at radius 1 is 0.909 bits per heavy atom. The molecule has 0 bridgehead atoms. The van der Waals surface area contributed by atoms with Crippen LogP contribution in [0.1, 0.15) is 34.3 Å². The maximum Gasteiger partial charge on any atom is 0.408 e. The molecule has 0 spiro atoms. The second kappa shape index (κ2) is 13.5. The summed E-state index contributed by atoms with van der Waals surface area (Å²) in [6.45, 7) is 0.321. The summed E-state index contributed by atoms with van der Waals surface area (Å²) >= 11 is 0. The average molecular weight is 456 g/mol. The van der Waals surface area contributed by atoms with Crippen molar-refractivity contribution in [1.82, 2.24) is 10.6 Å². The van der Waals surface area contributed by atoms with Gasteiger partial charge in [0.15, 0.2) is 0 Å². The Hall–Kier alpha value is -3.88. The van der Waals surface area contributed by atoms with Crippen LogP contribution < -0.4 is 10.6 Å². The van der Waals surface area contributed by atoms with E-state index < -0.39 is 24.1 Å². The average Bonchev–Trinajstić information content (AvgIpc) is 2.84. The molecule has 33 heavy (non-hydrogen) atoms. The van der Waals surface area contributed by atoms with Crippen molar-refractivity contribution >= 4 is 23.9 Å². The molecule has 9 nitrogen and oxygen atoms in total. The number of hydrogen-bond donors (Lipinski definition) is 2. The Morgan fingerprint density at radius 2 is 1.61 bits per heavy atom. The van der Waals surface area contributed by atoms with E-state index >= 15 is 0 Å². The number of alkyl carbamates (subject to hydrolysis) is 1. The third-order valence-electron chi connectivity index (χ3n) is 4.77. The van der Waals surface area contributed by atoms with Gasteiger partial charge in [0.05, 0.1) is 20.6 Å². The number of ether oxygens (including phenoxy) is 3. The summed E-state index contributed by atoms with van der Waals surface area (Å²) in [7, 11) is 2.51. The highest BCUT2D eigenvalue weighted by Gasteiger charge is 2.22. The highest BCUT2D eigenvalue weighted by molar-refractivity contribution is 5.96. The molecule has 0 aliphatic heterocycles. The Balaban J connectivity index is 1.83. The minimum atomic E-state index is -0.915. The monoisotopic (exact) mass is 456 g/mol. The summed E-state index contributed by atoms with van der Waals surface area (Å²) in [6.07, 6.45) is -0.129. The number of rotatable bonds is 11. The molecule has 0 aliphatic carbocycles. The van der Waals surface area contributed by atoms with Gasteiger partial charge < -0.3 is 24.8 Å². The van der Waals surface area contributed by atoms with Gasteiger partial charge in [-0.05, 0) is 30.0 Å². The quantitative estimate of drug-likeness (QED) is 0.303. The largest absolute Gasteiger partial charge is 0.469 e. The van der Waals surface area contributed by atoms with Gasteiger partial charge in [-0.2, -0.15) is 0 Å². The number of nitrogens with one attached hydrogen (secondary N) is 2. The first kappa shape index (κ1) is 25.4. The van der Waals surface area contributed by atoms with Crippen molar-refractivity contribution in [2.45, 2.75) is 31.9 Å². The standard InChI is InChI=1S/C24H28N2O7/c1-31-21(27)15-18-11-6-7-12-19(18)22(28)25-14-8-13-20(23(29)32-2)26-24(30)33-16-17-9-4-3-5-10-17/h3-7,9-12,20H,8,13-16H2,1-2H3,(H,25,28)(H,26,30)/t20-/m0/s1. The summed E-state index contributed by atoms with van der Waals surface area (Å²) in [5, 5.41) is 5.25. The van der Waals surface area contributed by atoms with Gasteiger partial charge in [0.1, 0.15) is 12.6 Å². The fourth-order valence-electron chi connectivity index (χ4n) is 3.03. The fourth-order valence-corrected chi connectivity index (χ4v) is 3.03. The zero-order chi connectivity index (χ0) is 24.1. The van der Waals surface area contributed by atoms with Crippen LogP contribution in [0.4, 0.5) is 4.79 Å². The second-order valence-electron chi connectivity index (χ2n) is 7.09. The Morgan fingerprint density at radius 3 is 2.30 bits per heavy atom. The third-order valence-corrected chi connectivity index (χ3v) is 4.77. The number of carbonyl (C=O) groups excluding carboxylic acids is 4. The molecule has 176 valence electrons. The molecule has 0 aliphatic rings. The van der Waals surface area contributed by atoms with Crippen LogP contribution in [-0.4, -0.2) is 50.7 Å². The van der Waals surface area contributed by atoms with E-state index in [0.29, 0.717) is 17.5 Å². The van der Waals surface area contributed by atoms with Crippen LogP contribution in [0, 0.1) is 0 Å². The van der Waals surface area contributed by atoms with Gasteiger partial charge in [-0.25, -0.2) is 9.59 Å². The van der Waals surface area contributed by atoms with Gasteiger partial charge in [0, 0.05) is 12.1 Å². The van der Waals surface area contributed by atoms with Crippen molar-refractivity contribution < 1.29 is 33.4 Å². The molecule has 2 rings (SSSR count). The zero-order valence-electron chi connectivity index (χ0n) is 18.7. The van der Waals surface area contributed by atoms with Crippen LogP contribution in [0.15, 0.2) is 54.6 Å². The molecule has 0 aromatic heterocycles. The maximum absolute atomic E-state index is 12.5. The Labute approximate surface area is 192 Å². The number of amides is 2. The number of carbonyl (C=O) groups is 4. The van der Waals surface area contributed by atoms with Crippen molar-refractivity contribution in [2.24, 2.45) is 0 Å². The number of hydrogen-bond acceptors (Lipinski definition) is 7. The molecule has 0 saturated heterocycles. The summed E-state index contributed by atoms with van der Waals surface area (Å²) in [6, 6.07) is 15.0. The molecule has 0 radical (unpaired) electrons. The second-order valence-corrected chi connectivity index (χ2v) is 7.09. The third kappa shape index (κ3) is 8.64. The van der Waals surface area contributed by atoms with Crippen molar-refractivity contribution in [3.8, 4) is 0 Å². The fraction of sp³-hybridized carbons (Fsp3) is 0.333. The molecule has 0 heterocycles. The summed E-state index contributed by atoms with van der Waals surface area (Å²) in [5.41, 5.74) is 1.74. The van der Waals surface area contributed by atoms with Gasteiger partial charge in [0.2, 0.25) is 0 Å². The van der Waals surface area contributed by atoms with Crippen molar-refractivity contribution in [3.63, 3.8) is 0 Å². The Bertz CT molecular complexity index is 947. The summed E-state index contributed by atoms with van der Waals surface area (Å²) in [5.74, 6) is -1.40. The highest BCUT2D eigenvalue weighted by atomic mass is 16.6. The minimum Gasteiger partial charge on any atom is -0.469 e. The number of esters is 2. The predicted octanol–water partition coefficient (Wildman–Crippen LogP) is 2.38. The molecule has 2 amide bonds. The normalized spacial score (nSPS) is 11.1. The maximum atomic E-state index is 12.5. The molecule has 2 aromatic carbocycles. The van der Waals surface area contributed by atoms with Crippen LogP contribution in [0.3, 0.4) is 0 Å². The lowest BCUT2D eigenvalue weighted by Gasteiger charge is -2.17. The smallest absolute Gasteiger partial charge is 0.408 e. The molecular weight excluding hydrogens is 428 g/mol. The van der Waals surface area contributed by atoms with E-state index in [9.17, 15) is 19.2 Å². The van der Waals surface area contributed by atoms with E-state index in [1.807, 2.05) is 30.3 Å². The number of benzene rings is 2. The zero-order valence-corrected chi connectivity index (χ0v) is 18.7. The molecule has 9 heteroatoms. The van der Waals surface area contributed by atoms with Crippen LogP contribution >= 0.6 is 0 Å². The van der Waals surface area contributed by atoms with E-state index in [2.05, 4.69) is 15.4 Å². The van der Waals surface area contributed by atoms with Crippen LogP contribution in [0.2, 0.25) is 0 Å². The molecule has 0 fully saturated rings. The Kier molecular flexibility index (Phi) is 10.4. The molecular formula is C24H28N2O7. The summed E-state index contributed by atoms with van der Waals surface area (Å²) < 4.78 is 14.6. The lowest BCUT2D eigenvalue weighted by Crippen LogP contribution is -2.42. The minimum absolute atomic E-state index is 0.0144. The molecule has 0 unspecified atom stereocenters. The highest BCUT2D eigenvalue weighted by Crippen LogP contribution is 2.11. The van der Waals surface area contributed by atoms with E-state index in [-0.39, 0.29) is 31.9 Å². The molecule has 1 atom stereocenters. The van der Waals surface area contributed by atoms with E-state index in [0.717, 1.165) is 5.56 Å². The SMILES string of the molecule is COC(=O)Cc1ccccc1C(=O)NCCC[C@H](NC(=O)OCc1ccccc1)C(=O)OC. The topological polar surface area (TPSA) is 120 Å². The van der Waals surface area contributed by atoms with Crippen LogP contribution in [-0.2, 0) is 36.8 Å². The van der Waals surface area contributed by atoms with Crippen molar-refractivity contribution in [3.05, 3.63) is 71.3 Å². The number of methoxy groups -OCH3 is 2. The van der Waals surface area contributed by atoms with Crippen molar-refractivity contribution in [1.29, 1.82) is 0 Å². The lowest BCUT2D eigenvalue weighted by molar-refractivity contribution is -0.143. The van der Waals surface area contributed by atoms with Gasteiger partial charge in [-0.15, -0.1) is 0 Å². The van der Waals surface area contributed by atoms with E-state index in [4.69, 9.17) is 9.47 Å². The first-order valence-corrected chi connectivity index (χ1v) is 10.4.